The van der Waals surface area contributed by atoms with E-state index in [1.165, 1.54) is 16.7 Å². The van der Waals surface area contributed by atoms with E-state index >= 15 is 0 Å². The quantitative estimate of drug-likeness (QED) is 0.828. The van der Waals surface area contributed by atoms with Crippen molar-refractivity contribution >= 4 is 21.8 Å². The van der Waals surface area contributed by atoms with Crippen LogP contribution < -0.4 is 5.32 Å². The molecule has 3 heteroatoms. The van der Waals surface area contributed by atoms with Crippen LogP contribution in [0.1, 0.15) is 23.1 Å². The summed E-state index contributed by atoms with van der Waals surface area (Å²) in [5.74, 6) is 0.113. The first-order chi connectivity index (χ1) is 7.63. The predicted octanol–water partition coefficient (Wildman–Crippen LogP) is 2.75. The molecule has 0 heterocycles. The van der Waals surface area contributed by atoms with E-state index in [4.69, 9.17) is 0 Å². The van der Waals surface area contributed by atoms with E-state index in [0.717, 1.165) is 18.3 Å². The van der Waals surface area contributed by atoms with E-state index in [1.54, 1.807) is 0 Å². The lowest BCUT2D eigenvalue weighted by Gasteiger charge is -2.08. The van der Waals surface area contributed by atoms with Crippen molar-refractivity contribution in [3.8, 4) is 0 Å². The molecule has 0 aromatic heterocycles. The summed E-state index contributed by atoms with van der Waals surface area (Å²) in [6, 6.07) is 6.43. The molecule has 16 heavy (non-hydrogen) atoms. The molecule has 1 aromatic rings. The Hall–Kier alpha value is -0.830. The zero-order valence-electron chi connectivity index (χ0n) is 9.85. The first kappa shape index (κ1) is 13.2. The molecule has 1 amide bonds. The van der Waals surface area contributed by atoms with Gasteiger partial charge in [-0.2, -0.15) is 0 Å². The maximum Gasteiger partial charge on any atom is 0.220 e. The Morgan fingerprint density at radius 2 is 2.12 bits per heavy atom. The average Bonchev–Trinajstić information content (AvgIpc) is 2.23. The number of nitrogens with one attached hydrogen (secondary N) is 1. The largest absolute Gasteiger partial charge is 0.356 e. The minimum atomic E-state index is 0.113. The second-order valence-electron chi connectivity index (χ2n) is 3.97. The number of hydrogen-bond acceptors (Lipinski definition) is 1. The number of carbonyl (C=O) groups is 1. The van der Waals surface area contributed by atoms with E-state index in [9.17, 15) is 4.79 Å². The summed E-state index contributed by atoms with van der Waals surface area (Å²) in [4.78, 5) is 11.2. The lowest BCUT2D eigenvalue weighted by molar-refractivity contribution is -0.120. The molecule has 0 fully saturated rings. The van der Waals surface area contributed by atoms with Crippen molar-refractivity contribution in [2.24, 2.45) is 0 Å². The van der Waals surface area contributed by atoms with Gasteiger partial charge in [0.25, 0.3) is 0 Å². The second kappa shape index (κ2) is 6.69. The van der Waals surface area contributed by atoms with Crippen LogP contribution in [-0.4, -0.2) is 17.8 Å². The third-order valence-corrected chi connectivity index (χ3v) is 2.94. The normalized spacial score (nSPS) is 10.2. The van der Waals surface area contributed by atoms with Crippen LogP contribution in [0, 0.1) is 13.8 Å². The summed E-state index contributed by atoms with van der Waals surface area (Å²) >= 11 is 3.25. The summed E-state index contributed by atoms with van der Waals surface area (Å²) in [5.41, 5.74) is 3.88. The maximum atomic E-state index is 11.2. The topological polar surface area (TPSA) is 29.1 Å². The van der Waals surface area contributed by atoms with Gasteiger partial charge in [0.1, 0.15) is 0 Å². The van der Waals surface area contributed by atoms with Gasteiger partial charge in [0.2, 0.25) is 5.91 Å². The van der Waals surface area contributed by atoms with Gasteiger partial charge in [-0.15, -0.1) is 0 Å². The number of benzene rings is 1. The first-order valence-corrected chi connectivity index (χ1v) is 6.64. The molecule has 1 aromatic carbocycles. The van der Waals surface area contributed by atoms with Crippen LogP contribution in [0.15, 0.2) is 18.2 Å². The Labute approximate surface area is 106 Å². The predicted molar refractivity (Wildman–Crippen MR) is 71.0 cm³/mol. The van der Waals surface area contributed by atoms with Crippen molar-refractivity contribution in [2.45, 2.75) is 26.7 Å². The van der Waals surface area contributed by atoms with Gasteiger partial charge in [0.05, 0.1) is 0 Å². The van der Waals surface area contributed by atoms with Crippen molar-refractivity contribution in [3.05, 3.63) is 34.9 Å². The van der Waals surface area contributed by atoms with Crippen LogP contribution in [0.2, 0.25) is 0 Å². The van der Waals surface area contributed by atoms with Crippen molar-refractivity contribution in [1.82, 2.24) is 5.32 Å². The van der Waals surface area contributed by atoms with E-state index in [1.807, 2.05) is 0 Å². The highest BCUT2D eigenvalue weighted by Crippen LogP contribution is 2.10. The number of alkyl halides is 1. The molecule has 0 saturated heterocycles. The minimum Gasteiger partial charge on any atom is -0.356 e. The van der Waals surface area contributed by atoms with Crippen molar-refractivity contribution < 1.29 is 4.79 Å². The van der Waals surface area contributed by atoms with Crippen LogP contribution in [0.3, 0.4) is 0 Å². The van der Waals surface area contributed by atoms with Crippen LogP contribution >= 0.6 is 15.9 Å². The highest BCUT2D eigenvalue weighted by molar-refractivity contribution is 9.09. The van der Waals surface area contributed by atoms with E-state index in [-0.39, 0.29) is 5.91 Å². The third kappa shape index (κ3) is 4.35. The van der Waals surface area contributed by atoms with Crippen molar-refractivity contribution in [3.63, 3.8) is 0 Å². The van der Waals surface area contributed by atoms with E-state index in [2.05, 4.69) is 53.3 Å². The molecule has 0 spiro atoms. The van der Waals surface area contributed by atoms with Gasteiger partial charge >= 0.3 is 0 Å². The molecule has 0 bridgehead atoms. The molecule has 0 aliphatic heterocycles. The second-order valence-corrected chi connectivity index (χ2v) is 4.76. The summed E-state index contributed by atoms with van der Waals surface area (Å²) in [6.07, 6.45) is 1.45. The van der Waals surface area contributed by atoms with Gasteiger partial charge in [-0.1, -0.05) is 39.7 Å². The fraction of sp³-hybridized carbons (Fsp3) is 0.462. The maximum absolute atomic E-state index is 11.2. The van der Waals surface area contributed by atoms with Gasteiger partial charge in [-0.25, -0.2) is 0 Å². The van der Waals surface area contributed by atoms with Gasteiger partial charge in [0.15, 0.2) is 0 Å². The van der Waals surface area contributed by atoms with Crippen LogP contribution in [-0.2, 0) is 11.2 Å². The van der Waals surface area contributed by atoms with Crippen molar-refractivity contribution in [2.75, 3.05) is 11.9 Å². The average molecular weight is 284 g/mol. The molecule has 2 nitrogen and oxygen atoms in total. The minimum absolute atomic E-state index is 0.113. The lowest BCUT2D eigenvalue weighted by Crippen LogP contribution is -2.25. The first-order valence-electron chi connectivity index (χ1n) is 5.52. The monoisotopic (exact) mass is 283 g/mol. The number of rotatable bonds is 5. The zero-order chi connectivity index (χ0) is 12.0. The summed E-state index contributed by atoms with van der Waals surface area (Å²) in [5, 5.41) is 3.63. The number of halogens is 1. The fourth-order valence-electron chi connectivity index (χ4n) is 1.58. The molecule has 1 N–H and O–H groups in total. The van der Waals surface area contributed by atoms with Gasteiger partial charge < -0.3 is 5.32 Å². The van der Waals surface area contributed by atoms with Gasteiger partial charge in [-0.05, 0) is 31.4 Å². The smallest absolute Gasteiger partial charge is 0.220 e. The zero-order valence-corrected chi connectivity index (χ0v) is 11.4. The standard InChI is InChI=1S/C13H18BrNO/c1-10-3-4-11(2)12(9-10)6-8-15-13(16)5-7-14/h3-4,9H,5-8H2,1-2H3,(H,15,16). The van der Waals surface area contributed by atoms with E-state index in [0.29, 0.717) is 6.42 Å². The Morgan fingerprint density at radius 1 is 1.38 bits per heavy atom. The molecule has 0 unspecified atom stereocenters. The molecule has 88 valence electrons. The molecule has 1 rings (SSSR count). The van der Waals surface area contributed by atoms with Crippen LogP contribution in [0.25, 0.3) is 0 Å². The highest BCUT2D eigenvalue weighted by Gasteiger charge is 2.01. The summed E-state index contributed by atoms with van der Waals surface area (Å²) < 4.78 is 0. The Bertz CT molecular complexity index is 363. The molecule has 0 saturated carbocycles. The third-order valence-electron chi connectivity index (χ3n) is 2.54. The lowest BCUT2D eigenvalue weighted by atomic mass is 10.0. The van der Waals surface area contributed by atoms with E-state index < -0.39 is 0 Å². The summed E-state index contributed by atoms with van der Waals surface area (Å²) in [6.45, 7) is 4.91. The number of amides is 1. The molecule has 0 aliphatic carbocycles. The SMILES string of the molecule is Cc1ccc(C)c(CCNC(=O)CCBr)c1. The van der Waals surface area contributed by atoms with Gasteiger partial charge in [-0.3, -0.25) is 4.79 Å². The molecular weight excluding hydrogens is 266 g/mol. The Morgan fingerprint density at radius 3 is 2.81 bits per heavy atom. The number of carbonyl (C=O) groups excluding carboxylic acids is 1. The van der Waals surface area contributed by atoms with Gasteiger partial charge in [0, 0.05) is 18.3 Å². The Kier molecular flexibility index (Phi) is 5.53. The highest BCUT2D eigenvalue weighted by atomic mass is 79.9. The molecule has 0 aliphatic rings. The number of aryl methyl sites for hydroxylation is 2. The fourth-order valence-corrected chi connectivity index (χ4v) is 1.94. The summed E-state index contributed by atoms with van der Waals surface area (Å²) in [7, 11) is 0. The van der Waals surface area contributed by atoms with Crippen molar-refractivity contribution in [1.29, 1.82) is 0 Å². The number of hydrogen-bond donors (Lipinski definition) is 1. The Balaban J connectivity index is 2.42. The molecule has 0 atom stereocenters. The van der Waals surface area contributed by atoms with Crippen LogP contribution in [0.4, 0.5) is 0 Å². The molecule has 0 radical (unpaired) electrons. The van der Waals surface area contributed by atoms with Crippen LogP contribution in [0.5, 0.6) is 0 Å². The molecular formula is C13H18BrNO.